The predicted octanol–water partition coefficient (Wildman–Crippen LogP) is 2.90. The Morgan fingerprint density at radius 2 is 2.05 bits per heavy atom. The molecule has 3 rings (SSSR count). The van der Waals surface area contributed by atoms with Crippen molar-refractivity contribution in [2.24, 2.45) is 0 Å². The van der Waals surface area contributed by atoms with Gasteiger partial charge in [-0.2, -0.15) is 0 Å². The first-order valence-electron chi connectivity index (χ1n) is 7.56. The third-order valence-electron chi connectivity index (χ3n) is 3.84. The number of hydrogen-bond donors (Lipinski definition) is 1. The Balaban J connectivity index is 1.67. The maximum absolute atomic E-state index is 5.89. The van der Waals surface area contributed by atoms with Crippen LogP contribution in [0.1, 0.15) is 49.6 Å². The van der Waals surface area contributed by atoms with Crippen molar-refractivity contribution in [1.29, 1.82) is 0 Å². The molecule has 2 heterocycles. The van der Waals surface area contributed by atoms with Gasteiger partial charge in [0.2, 0.25) is 0 Å². The van der Waals surface area contributed by atoms with Gasteiger partial charge in [-0.25, -0.2) is 4.98 Å². The summed E-state index contributed by atoms with van der Waals surface area (Å²) in [5, 5.41) is 3.37. The summed E-state index contributed by atoms with van der Waals surface area (Å²) in [6.45, 7) is 5.87. The lowest BCUT2D eigenvalue weighted by Crippen LogP contribution is -2.21. The van der Waals surface area contributed by atoms with Crippen molar-refractivity contribution in [3.8, 4) is 0 Å². The van der Waals surface area contributed by atoms with Crippen LogP contribution in [0.3, 0.4) is 0 Å². The van der Waals surface area contributed by atoms with Crippen LogP contribution < -0.4 is 5.32 Å². The molecule has 0 unspecified atom stereocenters. The highest BCUT2D eigenvalue weighted by Crippen LogP contribution is 2.21. The largest absolute Gasteiger partial charge is 0.463 e. The lowest BCUT2D eigenvalue weighted by molar-refractivity contribution is 0.425. The second kappa shape index (κ2) is 5.83. The highest BCUT2D eigenvalue weighted by Gasteiger charge is 2.15. The number of furan rings is 1. The molecule has 0 aromatic carbocycles. The second-order valence-corrected chi connectivity index (χ2v) is 5.88. The highest BCUT2D eigenvalue weighted by molar-refractivity contribution is 5.18. The molecule has 108 valence electrons. The molecule has 1 N–H and O–H groups in total. The molecule has 4 nitrogen and oxygen atoms in total. The first kappa shape index (κ1) is 13.4. The summed E-state index contributed by atoms with van der Waals surface area (Å²) >= 11 is 0. The summed E-state index contributed by atoms with van der Waals surface area (Å²) in [5.41, 5.74) is 2.68. The molecule has 1 aliphatic rings. The molecule has 0 saturated heterocycles. The summed E-state index contributed by atoms with van der Waals surface area (Å²) in [6.07, 6.45) is 6.79. The van der Waals surface area contributed by atoms with Gasteiger partial charge in [-0.15, -0.1) is 0 Å². The summed E-state index contributed by atoms with van der Waals surface area (Å²) in [4.78, 5) is 4.53. The normalized spacial score (nSPS) is 14.8. The Bertz CT molecular complexity index is 568. The second-order valence-electron chi connectivity index (χ2n) is 5.88. The van der Waals surface area contributed by atoms with E-state index in [1.165, 1.54) is 24.2 Å². The van der Waals surface area contributed by atoms with Gasteiger partial charge in [0.25, 0.3) is 0 Å². The van der Waals surface area contributed by atoms with E-state index in [1.54, 1.807) is 0 Å². The van der Waals surface area contributed by atoms with Gasteiger partial charge in [0, 0.05) is 11.7 Å². The number of aryl methyl sites for hydroxylation is 1. The van der Waals surface area contributed by atoms with Crippen molar-refractivity contribution in [1.82, 2.24) is 14.9 Å². The van der Waals surface area contributed by atoms with Crippen LogP contribution >= 0.6 is 0 Å². The smallest absolute Gasteiger partial charge is 0.123 e. The van der Waals surface area contributed by atoms with E-state index < -0.39 is 0 Å². The van der Waals surface area contributed by atoms with Crippen molar-refractivity contribution in [2.45, 2.75) is 58.7 Å². The summed E-state index contributed by atoms with van der Waals surface area (Å²) in [6, 6.07) is 4.62. The van der Waals surface area contributed by atoms with Crippen molar-refractivity contribution >= 4 is 0 Å². The van der Waals surface area contributed by atoms with E-state index in [4.69, 9.17) is 4.42 Å². The van der Waals surface area contributed by atoms with Crippen LogP contribution in [0.25, 0.3) is 0 Å². The minimum Gasteiger partial charge on any atom is -0.463 e. The Kier molecular flexibility index (Phi) is 3.92. The summed E-state index contributed by atoms with van der Waals surface area (Å²) in [5.74, 6) is 2.01. The molecule has 0 bridgehead atoms. The van der Waals surface area contributed by atoms with Crippen LogP contribution in [0.15, 0.2) is 22.9 Å². The van der Waals surface area contributed by atoms with E-state index >= 15 is 0 Å². The zero-order chi connectivity index (χ0) is 13.9. The Hall–Kier alpha value is -1.55. The van der Waals surface area contributed by atoms with Crippen molar-refractivity contribution in [3.05, 3.63) is 41.4 Å². The van der Waals surface area contributed by atoms with Gasteiger partial charge >= 0.3 is 0 Å². The molecule has 20 heavy (non-hydrogen) atoms. The third kappa shape index (κ3) is 2.96. The number of nitrogens with one attached hydrogen (secondary N) is 1. The SMILES string of the molecule is CC(C)NCc1ccc(Cn2cnc3c2CCCC3)o1. The third-order valence-corrected chi connectivity index (χ3v) is 3.84. The molecule has 2 aromatic heterocycles. The molecule has 0 atom stereocenters. The van der Waals surface area contributed by atoms with Crippen LogP contribution in [0, 0.1) is 0 Å². The van der Waals surface area contributed by atoms with Crippen molar-refractivity contribution in [2.75, 3.05) is 0 Å². The highest BCUT2D eigenvalue weighted by atomic mass is 16.3. The number of rotatable bonds is 5. The van der Waals surface area contributed by atoms with Gasteiger partial charge in [0.15, 0.2) is 0 Å². The molecule has 1 aliphatic carbocycles. The molecule has 0 amide bonds. The first-order valence-corrected chi connectivity index (χ1v) is 7.56. The zero-order valence-corrected chi connectivity index (χ0v) is 12.4. The van der Waals surface area contributed by atoms with Gasteiger partial charge in [-0.1, -0.05) is 13.8 Å². The topological polar surface area (TPSA) is 43.0 Å². The molecule has 0 saturated carbocycles. The van der Waals surface area contributed by atoms with Gasteiger partial charge in [-0.05, 0) is 37.8 Å². The average molecular weight is 273 g/mol. The Labute approximate surface area is 120 Å². The van der Waals surface area contributed by atoms with E-state index in [1.807, 2.05) is 6.33 Å². The number of nitrogens with zero attached hydrogens (tertiary/aromatic N) is 2. The monoisotopic (exact) mass is 273 g/mol. The first-order chi connectivity index (χ1) is 9.72. The molecule has 4 heteroatoms. The van der Waals surface area contributed by atoms with Gasteiger partial charge in [0.1, 0.15) is 11.5 Å². The van der Waals surface area contributed by atoms with E-state index in [2.05, 4.69) is 40.8 Å². The van der Waals surface area contributed by atoms with Crippen molar-refractivity contribution in [3.63, 3.8) is 0 Å². The number of imidazole rings is 1. The number of aromatic nitrogens is 2. The minimum absolute atomic E-state index is 0.476. The van der Waals surface area contributed by atoms with E-state index in [0.29, 0.717) is 6.04 Å². The predicted molar refractivity (Wildman–Crippen MR) is 78.7 cm³/mol. The van der Waals surface area contributed by atoms with E-state index in [0.717, 1.165) is 37.5 Å². The average Bonchev–Trinajstić information content (AvgIpc) is 3.05. The fourth-order valence-corrected chi connectivity index (χ4v) is 2.74. The quantitative estimate of drug-likeness (QED) is 0.911. The molecule has 2 aromatic rings. The molecule has 0 radical (unpaired) electrons. The van der Waals surface area contributed by atoms with Crippen LogP contribution in [0.5, 0.6) is 0 Å². The van der Waals surface area contributed by atoms with Crippen LogP contribution in [0.4, 0.5) is 0 Å². The lowest BCUT2D eigenvalue weighted by Gasteiger charge is -2.13. The molecular formula is C16H23N3O. The van der Waals surface area contributed by atoms with Gasteiger partial charge in [-0.3, -0.25) is 0 Å². The fourth-order valence-electron chi connectivity index (χ4n) is 2.74. The molecule has 0 spiro atoms. The van der Waals surface area contributed by atoms with Crippen molar-refractivity contribution < 1.29 is 4.42 Å². The minimum atomic E-state index is 0.476. The zero-order valence-electron chi connectivity index (χ0n) is 12.4. The lowest BCUT2D eigenvalue weighted by atomic mass is 10.0. The summed E-state index contributed by atoms with van der Waals surface area (Å²) < 4.78 is 8.13. The summed E-state index contributed by atoms with van der Waals surface area (Å²) in [7, 11) is 0. The van der Waals surface area contributed by atoms with Crippen LogP contribution in [-0.4, -0.2) is 15.6 Å². The van der Waals surface area contributed by atoms with E-state index in [-0.39, 0.29) is 0 Å². The van der Waals surface area contributed by atoms with Gasteiger partial charge in [0.05, 0.1) is 25.1 Å². The molecule has 0 fully saturated rings. The number of fused-ring (bicyclic) bond motifs is 1. The fraction of sp³-hybridized carbons (Fsp3) is 0.562. The molecular weight excluding hydrogens is 250 g/mol. The molecule has 0 aliphatic heterocycles. The number of hydrogen-bond acceptors (Lipinski definition) is 3. The Morgan fingerprint density at radius 3 is 2.90 bits per heavy atom. The van der Waals surface area contributed by atoms with Crippen LogP contribution in [-0.2, 0) is 25.9 Å². The van der Waals surface area contributed by atoms with Gasteiger partial charge < -0.3 is 14.3 Å². The standard InChI is InChI=1S/C16H23N3O/c1-12(2)17-9-13-7-8-14(20-13)10-19-11-18-15-5-3-4-6-16(15)19/h7-8,11-12,17H,3-6,9-10H2,1-2H3. The van der Waals surface area contributed by atoms with Crippen LogP contribution in [0.2, 0.25) is 0 Å². The maximum Gasteiger partial charge on any atom is 0.123 e. The van der Waals surface area contributed by atoms with E-state index in [9.17, 15) is 0 Å². The maximum atomic E-state index is 5.89. The Morgan fingerprint density at radius 1 is 1.25 bits per heavy atom.